The molecule has 290 valence electrons. The fraction of sp³-hybridized carbons (Fsp3) is 0.500. The average molecular weight is 784 g/mol. The van der Waals surface area contributed by atoms with Crippen molar-refractivity contribution >= 4 is 58.5 Å². The molecule has 7 atom stereocenters. The molecule has 2 aromatic carbocycles. The van der Waals surface area contributed by atoms with Crippen molar-refractivity contribution in [2.24, 2.45) is 0 Å². The van der Waals surface area contributed by atoms with E-state index in [9.17, 15) is 32.9 Å². The second-order valence-corrected chi connectivity index (χ2v) is 17.4. The summed E-state index contributed by atoms with van der Waals surface area (Å²) in [6.07, 6.45) is 2.05. The van der Waals surface area contributed by atoms with E-state index in [0.29, 0.717) is 54.7 Å². The summed E-state index contributed by atoms with van der Waals surface area (Å²) in [5, 5.41) is 9.26. The van der Waals surface area contributed by atoms with Gasteiger partial charge in [-0.05, 0) is 86.7 Å². The first kappa shape index (κ1) is 39.4. The zero-order valence-corrected chi connectivity index (χ0v) is 32.3. The molecular formula is C38H47FN5O8PS. The Balaban J connectivity index is 1.13. The number of hydrogen-bond donors (Lipinski definition) is 3. The number of carbonyl (C=O) groups is 5. The zero-order chi connectivity index (χ0) is 38.6. The lowest BCUT2D eigenvalue weighted by molar-refractivity contribution is -0.145. The molecule has 3 saturated heterocycles. The van der Waals surface area contributed by atoms with Crippen LogP contribution in [0.2, 0.25) is 0 Å². The molecule has 3 fully saturated rings. The lowest BCUT2D eigenvalue weighted by Gasteiger charge is -2.31. The number of halogens is 1. The molecule has 0 saturated carbocycles. The summed E-state index contributed by atoms with van der Waals surface area (Å²) in [6, 6.07) is 12.3. The minimum absolute atomic E-state index is 0.0509. The van der Waals surface area contributed by atoms with Crippen LogP contribution in [-0.4, -0.2) is 95.5 Å². The van der Waals surface area contributed by atoms with E-state index in [2.05, 4.69) is 15.7 Å². The van der Waals surface area contributed by atoms with Gasteiger partial charge in [-0.25, -0.2) is 9.48 Å². The first-order chi connectivity index (χ1) is 25.8. The molecule has 54 heavy (non-hydrogen) atoms. The number of rotatable bonds is 13. The molecule has 3 N–H and O–H groups in total. The number of esters is 1. The number of hydrogen-bond acceptors (Lipinski definition) is 9. The van der Waals surface area contributed by atoms with Crippen molar-refractivity contribution in [1.82, 2.24) is 25.5 Å². The second-order valence-electron chi connectivity index (χ2n) is 14.2. The van der Waals surface area contributed by atoms with E-state index < -0.39 is 55.6 Å². The summed E-state index contributed by atoms with van der Waals surface area (Å²) in [5.41, 5.74) is 0.655. The zero-order valence-electron chi connectivity index (χ0n) is 30.6. The summed E-state index contributed by atoms with van der Waals surface area (Å²) >= 11 is 1.26. The van der Waals surface area contributed by atoms with E-state index in [0.717, 1.165) is 10.1 Å². The highest BCUT2D eigenvalue weighted by Gasteiger charge is 2.46. The maximum absolute atomic E-state index is 14.7. The molecule has 0 bridgehead atoms. The van der Waals surface area contributed by atoms with Crippen LogP contribution in [0.25, 0.3) is 10.1 Å². The standard InChI is InChI=1S/C38H47FN5O8PS/c1-4-17-51-38(49)23(2)42-53(50,52-28-10-6-5-7-11-28)22-25-13-16-33-26(18-25)19-34(54-33)36(47)40-30-12-8-9-27-14-15-32(44(27)37(30)48)35(46)41-31-21-43(24(3)45)20-29(31)39/h5-7,10-11,13,16,18-19,23,27,29-32H,4,8-9,12,14-15,17,20-22H2,1-3H3,(H,40,47)(H,41,46)(H,42,50)/t23-,27-,29-,30-,31-,32-,53?/m0/s1. The molecule has 6 rings (SSSR count). The molecule has 3 aliphatic rings. The minimum atomic E-state index is -3.70. The van der Waals surface area contributed by atoms with Crippen molar-refractivity contribution in [1.29, 1.82) is 0 Å². The highest BCUT2D eigenvalue weighted by atomic mass is 32.1. The Kier molecular flexibility index (Phi) is 12.4. The van der Waals surface area contributed by atoms with Crippen molar-refractivity contribution < 1.29 is 42.2 Å². The van der Waals surface area contributed by atoms with E-state index in [1.165, 1.54) is 23.2 Å². The van der Waals surface area contributed by atoms with Gasteiger partial charge in [-0.15, -0.1) is 11.3 Å². The Morgan fingerprint density at radius 1 is 1.02 bits per heavy atom. The number of likely N-dealkylation sites (tertiary alicyclic amines) is 1. The van der Waals surface area contributed by atoms with Gasteiger partial charge in [-0.2, -0.15) is 0 Å². The van der Waals surface area contributed by atoms with Crippen LogP contribution >= 0.6 is 18.9 Å². The van der Waals surface area contributed by atoms with Crippen LogP contribution in [0.4, 0.5) is 4.39 Å². The van der Waals surface area contributed by atoms with Gasteiger partial charge in [0.15, 0.2) is 0 Å². The van der Waals surface area contributed by atoms with Crippen LogP contribution in [-0.2, 0) is 34.6 Å². The van der Waals surface area contributed by atoms with E-state index in [1.807, 2.05) is 25.1 Å². The largest absolute Gasteiger partial charge is 0.465 e. The van der Waals surface area contributed by atoms with Crippen LogP contribution < -0.4 is 20.2 Å². The molecule has 3 aromatic rings. The van der Waals surface area contributed by atoms with Gasteiger partial charge >= 0.3 is 13.5 Å². The maximum Gasteiger partial charge on any atom is 0.323 e. The predicted molar refractivity (Wildman–Crippen MR) is 202 cm³/mol. The van der Waals surface area contributed by atoms with Gasteiger partial charge in [0.2, 0.25) is 17.7 Å². The minimum Gasteiger partial charge on any atom is -0.465 e. The van der Waals surface area contributed by atoms with Crippen molar-refractivity contribution in [2.75, 3.05) is 19.7 Å². The molecule has 0 aliphatic carbocycles. The van der Waals surface area contributed by atoms with Crippen LogP contribution in [0, 0.1) is 0 Å². The van der Waals surface area contributed by atoms with Gasteiger partial charge < -0.3 is 29.7 Å². The summed E-state index contributed by atoms with van der Waals surface area (Å²) < 4.78 is 41.0. The van der Waals surface area contributed by atoms with E-state index in [4.69, 9.17) is 9.26 Å². The number of carbonyl (C=O) groups excluding carboxylic acids is 5. The van der Waals surface area contributed by atoms with Crippen molar-refractivity contribution in [3.8, 4) is 5.75 Å². The summed E-state index contributed by atoms with van der Waals surface area (Å²) in [6.45, 7) is 5.06. The number of fused-ring (bicyclic) bond motifs is 2. The molecule has 4 heterocycles. The van der Waals surface area contributed by atoms with Crippen LogP contribution in [0.1, 0.15) is 74.5 Å². The first-order valence-electron chi connectivity index (χ1n) is 18.5. The normalized spacial score (nSPS) is 24.3. The fourth-order valence-electron chi connectivity index (χ4n) is 7.39. The third kappa shape index (κ3) is 9.13. The van der Waals surface area contributed by atoms with Crippen molar-refractivity contribution in [3.05, 3.63) is 65.0 Å². The van der Waals surface area contributed by atoms with Crippen molar-refractivity contribution in [2.45, 2.75) is 102 Å². The Labute approximate surface area is 317 Å². The highest BCUT2D eigenvalue weighted by Crippen LogP contribution is 2.47. The Hall–Kier alpha value is -4.33. The summed E-state index contributed by atoms with van der Waals surface area (Å²) in [7, 11) is -3.70. The van der Waals surface area contributed by atoms with Gasteiger partial charge in [0.1, 0.15) is 30.0 Å². The molecule has 4 amide bonds. The molecule has 0 spiro atoms. The number of benzene rings is 2. The van der Waals surface area contributed by atoms with E-state index >= 15 is 0 Å². The van der Waals surface area contributed by atoms with Crippen molar-refractivity contribution in [3.63, 3.8) is 0 Å². The van der Waals surface area contributed by atoms with E-state index in [1.54, 1.807) is 48.2 Å². The summed E-state index contributed by atoms with van der Waals surface area (Å²) in [4.78, 5) is 68.6. The van der Waals surface area contributed by atoms with Crippen LogP contribution in [0.15, 0.2) is 54.6 Å². The SMILES string of the molecule is CCCOC(=O)[C@H](C)NP(=O)(Cc1ccc2sc(C(=O)N[C@H]3CCC[C@H]4CC[C@@H](C(=O)N[C@H]5CN(C(C)=O)C[C@@H]5F)N4C3=O)cc2c1)Oc1ccccc1. The number of amides is 4. The second kappa shape index (κ2) is 17.0. The average Bonchev–Trinajstić information content (AvgIpc) is 3.84. The quantitative estimate of drug-likeness (QED) is 0.161. The third-order valence-electron chi connectivity index (χ3n) is 10.1. The predicted octanol–water partition coefficient (Wildman–Crippen LogP) is 4.93. The molecule has 1 aromatic heterocycles. The lowest BCUT2D eigenvalue weighted by atomic mass is 10.1. The Morgan fingerprint density at radius 2 is 1.80 bits per heavy atom. The van der Waals surface area contributed by atoms with Gasteiger partial charge in [0.05, 0.1) is 30.2 Å². The molecule has 1 unspecified atom stereocenters. The molecule has 0 radical (unpaired) electrons. The first-order valence-corrected chi connectivity index (χ1v) is 21.1. The number of nitrogens with one attached hydrogen (secondary N) is 3. The van der Waals surface area contributed by atoms with Crippen LogP contribution in [0.5, 0.6) is 5.75 Å². The fourth-order valence-corrected chi connectivity index (χ4v) is 10.4. The summed E-state index contributed by atoms with van der Waals surface area (Å²) in [5.74, 6) is -1.64. The van der Waals surface area contributed by atoms with E-state index in [-0.39, 0.29) is 43.7 Å². The monoisotopic (exact) mass is 783 g/mol. The highest BCUT2D eigenvalue weighted by molar-refractivity contribution is 7.56. The smallest absolute Gasteiger partial charge is 0.323 e. The number of nitrogens with zero attached hydrogens (tertiary/aromatic N) is 2. The topological polar surface area (TPSA) is 163 Å². The number of alkyl halides is 1. The third-order valence-corrected chi connectivity index (χ3v) is 13.3. The lowest BCUT2D eigenvalue weighted by Crippen LogP contribution is -2.56. The van der Waals surface area contributed by atoms with Crippen LogP contribution in [0.3, 0.4) is 0 Å². The van der Waals surface area contributed by atoms with Gasteiger partial charge in [0.25, 0.3) is 5.91 Å². The molecule has 16 heteroatoms. The maximum atomic E-state index is 14.7. The number of thiophene rings is 1. The molecular weight excluding hydrogens is 736 g/mol. The van der Waals surface area contributed by atoms with Gasteiger partial charge in [-0.1, -0.05) is 31.2 Å². The molecule has 13 nitrogen and oxygen atoms in total. The number of ether oxygens (including phenoxy) is 1. The number of para-hydroxylation sites is 1. The van der Waals surface area contributed by atoms with Gasteiger partial charge in [0, 0.05) is 24.2 Å². The Bertz CT molecular complexity index is 1930. The van der Waals surface area contributed by atoms with Gasteiger partial charge in [-0.3, -0.25) is 28.5 Å². The Morgan fingerprint density at radius 3 is 2.52 bits per heavy atom. The molecule has 3 aliphatic heterocycles.